The molecule has 2 rings (SSSR count). The number of benzene rings is 1. The van der Waals surface area contributed by atoms with Crippen molar-refractivity contribution in [3.05, 3.63) is 35.8 Å². The lowest BCUT2D eigenvalue weighted by atomic mass is 10.2. The fourth-order valence-corrected chi connectivity index (χ4v) is 2.91. The molecule has 0 aliphatic rings. The zero-order chi connectivity index (χ0) is 14.6. The van der Waals surface area contributed by atoms with Gasteiger partial charge in [0.2, 0.25) is 5.91 Å². The molecule has 5 nitrogen and oxygen atoms in total. The minimum absolute atomic E-state index is 0.0421. The third kappa shape index (κ3) is 3.88. The second-order valence-corrected chi connectivity index (χ2v) is 7.39. The van der Waals surface area contributed by atoms with E-state index in [1.165, 1.54) is 18.3 Å². The Morgan fingerprint density at radius 3 is 2.85 bits per heavy atom. The van der Waals surface area contributed by atoms with Crippen LogP contribution in [0.15, 0.2) is 35.8 Å². The molecule has 1 heterocycles. The highest BCUT2D eigenvalue weighted by Gasteiger charge is 2.14. The quantitative estimate of drug-likeness (QED) is 0.918. The van der Waals surface area contributed by atoms with Crippen LogP contribution in [-0.4, -0.2) is 30.8 Å². The van der Waals surface area contributed by atoms with Gasteiger partial charge in [0.15, 0.2) is 9.84 Å². The van der Waals surface area contributed by atoms with Crippen molar-refractivity contribution >= 4 is 32.8 Å². The van der Waals surface area contributed by atoms with Gasteiger partial charge in [-0.25, -0.2) is 13.4 Å². The standard InChI is InChI=1S/C13H14N2O3S2/c1-2-20(17,18)9-12(16)15-11-5-3-4-10(8-11)13-14-6-7-19-13/h3-8H,2,9H2,1H3,(H,15,16). The molecule has 0 unspecified atom stereocenters. The number of carbonyl (C=O) groups excluding carboxylic acids is 1. The summed E-state index contributed by atoms with van der Waals surface area (Å²) in [5, 5.41) is 5.31. The molecule has 0 fully saturated rings. The van der Waals surface area contributed by atoms with Crippen LogP contribution in [0.25, 0.3) is 10.6 Å². The second-order valence-electron chi connectivity index (χ2n) is 4.14. The molecule has 7 heteroatoms. The van der Waals surface area contributed by atoms with Gasteiger partial charge in [-0.2, -0.15) is 0 Å². The highest BCUT2D eigenvalue weighted by molar-refractivity contribution is 7.92. The Hall–Kier alpha value is -1.73. The summed E-state index contributed by atoms with van der Waals surface area (Å²) in [5.74, 6) is -1.06. The number of nitrogens with one attached hydrogen (secondary N) is 1. The minimum atomic E-state index is -3.31. The van der Waals surface area contributed by atoms with Crippen molar-refractivity contribution in [2.75, 3.05) is 16.8 Å². The average molecular weight is 310 g/mol. The van der Waals surface area contributed by atoms with Crippen molar-refractivity contribution in [2.24, 2.45) is 0 Å². The number of amides is 1. The van der Waals surface area contributed by atoms with Gasteiger partial charge in [0, 0.05) is 28.6 Å². The maximum Gasteiger partial charge on any atom is 0.239 e. The molecule has 0 aliphatic heterocycles. The van der Waals surface area contributed by atoms with Gasteiger partial charge in [0.05, 0.1) is 0 Å². The van der Waals surface area contributed by atoms with Crippen LogP contribution < -0.4 is 5.32 Å². The van der Waals surface area contributed by atoms with E-state index in [1.54, 1.807) is 24.4 Å². The summed E-state index contributed by atoms with van der Waals surface area (Å²) < 4.78 is 22.8. The molecule has 20 heavy (non-hydrogen) atoms. The van der Waals surface area contributed by atoms with E-state index >= 15 is 0 Å². The fourth-order valence-electron chi connectivity index (χ4n) is 1.59. The number of rotatable bonds is 5. The summed E-state index contributed by atoms with van der Waals surface area (Å²) in [4.78, 5) is 15.9. The first kappa shape index (κ1) is 14.7. The molecule has 0 saturated heterocycles. The number of hydrogen-bond donors (Lipinski definition) is 1. The van der Waals surface area contributed by atoms with Crippen molar-refractivity contribution in [1.29, 1.82) is 0 Å². The summed E-state index contributed by atoms with van der Waals surface area (Å²) in [6, 6.07) is 7.17. The third-order valence-corrected chi connectivity index (χ3v) is 5.02. The van der Waals surface area contributed by atoms with Gasteiger partial charge >= 0.3 is 0 Å². The van der Waals surface area contributed by atoms with Crippen LogP contribution >= 0.6 is 11.3 Å². The maximum absolute atomic E-state index is 11.7. The molecule has 0 saturated carbocycles. The lowest BCUT2D eigenvalue weighted by Gasteiger charge is -2.06. The van der Waals surface area contributed by atoms with Crippen LogP contribution in [0.1, 0.15) is 6.92 Å². The number of sulfone groups is 1. The molecule has 2 aromatic rings. The summed E-state index contributed by atoms with van der Waals surface area (Å²) >= 11 is 1.50. The largest absolute Gasteiger partial charge is 0.325 e. The summed E-state index contributed by atoms with van der Waals surface area (Å²) in [6.07, 6.45) is 1.71. The third-order valence-electron chi connectivity index (χ3n) is 2.62. The molecule has 0 spiro atoms. The Labute approximate surface area is 121 Å². The van der Waals surface area contributed by atoms with Gasteiger partial charge < -0.3 is 5.32 Å². The number of aromatic nitrogens is 1. The summed E-state index contributed by atoms with van der Waals surface area (Å²) in [5.41, 5.74) is 1.45. The average Bonchev–Trinajstić information content (AvgIpc) is 2.92. The molecule has 106 valence electrons. The Balaban J connectivity index is 2.11. The Bertz CT molecular complexity index is 694. The van der Waals surface area contributed by atoms with Crippen LogP contribution in [0.3, 0.4) is 0 Å². The molecule has 1 N–H and O–H groups in total. The zero-order valence-corrected chi connectivity index (χ0v) is 12.5. The van der Waals surface area contributed by atoms with Crippen molar-refractivity contribution < 1.29 is 13.2 Å². The Morgan fingerprint density at radius 2 is 2.20 bits per heavy atom. The van der Waals surface area contributed by atoms with Crippen LogP contribution in [0.5, 0.6) is 0 Å². The monoisotopic (exact) mass is 310 g/mol. The molecule has 0 atom stereocenters. The Kier molecular flexibility index (Phi) is 4.51. The summed E-state index contributed by atoms with van der Waals surface area (Å²) in [7, 11) is -3.31. The molecule has 0 bridgehead atoms. The second kappa shape index (κ2) is 6.15. The molecule has 1 aromatic carbocycles. The van der Waals surface area contributed by atoms with E-state index in [4.69, 9.17) is 0 Å². The van der Waals surface area contributed by atoms with E-state index < -0.39 is 21.5 Å². The number of thiazole rings is 1. The minimum Gasteiger partial charge on any atom is -0.325 e. The van der Waals surface area contributed by atoms with Crippen LogP contribution in [0.4, 0.5) is 5.69 Å². The van der Waals surface area contributed by atoms with Gasteiger partial charge in [-0.1, -0.05) is 19.1 Å². The normalized spacial score (nSPS) is 11.2. The topological polar surface area (TPSA) is 76.1 Å². The summed E-state index contributed by atoms with van der Waals surface area (Å²) in [6.45, 7) is 1.52. The van der Waals surface area contributed by atoms with E-state index in [0.29, 0.717) is 5.69 Å². The molecule has 1 amide bonds. The highest BCUT2D eigenvalue weighted by atomic mass is 32.2. The SMILES string of the molecule is CCS(=O)(=O)CC(=O)Nc1cccc(-c2nccs2)c1. The number of anilines is 1. The molecule has 0 aliphatic carbocycles. The van der Waals surface area contributed by atoms with Gasteiger partial charge in [-0.15, -0.1) is 11.3 Å². The van der Waals surface area contributed by atoms with Crippen molar-refractivity contribution in [3.8, 4) is 10.6 Å². The molecular weight excluding hydrogens is 296 g/mol. The molecular formula is C13H14N2O3S2. The predicted octanol–water partition coefficient (Wildman–Crippen LogP) is 2.18. The van der Waals surface area contributed by atoms with Crippen molar-refractivity contribution in [3.63, 3.8) is 0 Å². The van der Waals surface area contributed by atoms with E-state index in [-0.39, 0.29) is 5.75 Å². The number of hydrogen-bond acceptors (Lipinski definition) is 5. The van der Waals surface area contributed by atoms with Crippen LogP contribution in [0, 0.1) is 0 Å². The van der Waals surface area contributed by atoms with Gasteiger partial charge in [-0.05, 0) is 12.1 Å². The highest BCUT2D eigenvalue weighted by Crippen LogP contribution is 2.24. The number of nitrogens with zero attached hydrogens (tertiary/aromatic N) is 1. The van der Waals surface area contributed by atoms with E-state index in [9.17, 15) is 13.2 Å². The van der Waals surface area contributed by atoms with E-state index in [2.05, 4.69) is 10.3 Å². The van der Waals surface area contributed by atoms with Crippen LogP contribution in [-0.2, 0) is 14.6 Å². The van der Waals surface area contributed by atoms with Crippen LogP contribution in [0.2, 0.25) is 0 Å². The molecule has 1 aromatic heterocycles. The lowest BCUT2D eigenvalue weighted by molar-refractivity contribution is -0.113. The van der Waals surface area contributed by atoms with Crippen molar-refractivity contribution in [2.45, 2.75) is 6.92 Å². The number of carbonyl (C=O) groups is 1. The Morgan fingerprint density at radius 1 is 1.40 bits per heavy atom. The van der Waals surface area contributed by atoms with Gasteiger partial charge in [-0.3, -0.25) is 4.79 Å². The zero-order valence-electron chi connectivity index (χ0n) is 10.9. The smallest absolute Gasteiger partial charge is 0.239 e. The predicted molar refractivity (Wildman–Crippen MR) is 80.5 cm³/mol. The van der Waals surface area contributed by atoms with E-state index in [1.807, 2.05) is 11.4 Å². The first-order valence-corrected chi connectivity index (χ1v) is 8.70. The van der Waals surface area contributed by atoms with Crippen molar-refractivity contribution in [1.82, 2.24) is 4.98 Å². The first-order chi connectivity index (χ1) is 9.50. The fraction of sp³-hybridized carbons (Fsp3) is 0.231. The van der Waals surface area contributed by atoms with E-state index in [0.717, 1.165) is 10.6 Å². The first-order valence-electron chi connectivity index (χ1n) is 6.00. The maximum atomic E-state index is 11.7. The molecule has 0 radical (unpaired) electrons. The van der Waals surface area contributed by atoms with Gasteiger partial charge in [0.1, 0.15) is 10.8 Å². The van der Waals surface area contributed by atoms with Gasteiger partial charge in [0.25, 0.3) is 0 Å². The lowest BCUT2D eigenvalue weighted by Crippen LogP contribution is -2.23.